The number of nitrogens with two attached hydrogens (primary N) is 1. The van der Waals surface area contributed by atoms with E-state index in [-0.39, 0.29) is 0 Å². The molecule has 0 aromatic carbocycles. The number of aryl methyl sites for hydroxylation is 1. The zero-order valence-corrected chi connectivity index (χ0v) is 8.53. The van der Waals surface area contributed by atoms with Crippen molar-refractivity contribution in [2.75, 3.05) is 5.73 Å². The molecule has 74 valence electrons. The molecule has 0 radical (unpaired) electrons. The SMILES string of the molecule is Cc1ccc(-c2nc(N)n(C)c2C)o1. The predicted molar refractivity (Wildman–Crippen MR) is 54.8 cm³/mol. The monoisotopic (exact) mass is 191 g/mol. The smallest absolute Gasteiger partial charge is 0.200 e. The lowest BCUT2D eigenvalue weighted by atomic mass is 10.3. The summed E-state index contributed by atoms with van der Waals surface area (Å²) in [4.78, 5) is 4.24. The highest BCUT2D eigenvalue weighted by Gasteiger charge is 2.13. The summed E-state index contributed by atoms with van der Waals surface area (Å²) in [5, 5.41) is 0. The summed E-state index contributed by atoms with van der Waals surface area (Å²) < 4.78 is 7.33. The lowest BCUT2D eigenvalue weighted by Crippen LogP contribution is -1.97. The van der Waals surface area contributed by atoms with Gasteiger partial charge in [0, 0.05) is 12.7 Å². The molecule has 0 bridgehead atoms. The lowest BCUT2D eigenvalue weighted by molar-refractivity contribution is 0.546. The molecule has 2 N–H and O–H groups in total. The summed E-state index contributed by atoms with van der Waals surface area (Å²) >= 11 is 0. The van der Waals surface area contributed by atoms with E-state index in [9.17, 15) is 0 Å². The first-order chi connectivity index (χ1) is 6.59. The quantitative estimate of drug-likeness (QED) is 0.748. The fourth-order valence-corrected chi connectivity index (χ4v) is 1.40. The average Bonchev–Trinajstić information content (AvgIpc) is 2.66. The molecule has 0 fully saturated rings. The molecule has 0 aliphatic carbocycles. The van der Waals surface area contributed by atoms with Crippen molar-refractivity contribution in [3.63, 3.8) is 0 Å². The summed E-state index contributed by atoms with van der Waals surface area (Å²) in [6.45, 7) is 3.88. The van der Waals surface area contributed by atoms with E-state index in [2.05, 4.69) is 4.98 Å². The van der Waals surface area contributed by atoms with Crippen LogP contribution in [0.1, 0.15) is 11.5 Å². The van der Waals surface area contributed by atoms with Gasteiger partial charge in [0.1, 0.15) is 11.5 Å². The standard InChI is InChI=1S/C10H13N3O/c1-6-4-5-8(14-6)9-7(2)13(3)10(11)12-9/h4-5H,1-3H3,(H2,11,12). The summed E-state index contributed by atoms with van der Waals surface area (Å²) in [5.41, 5.74) is 7.52. The number of imidazole rings is 1. The van der Waals surface area contributed by atoms with Gasteiger partial charge in [-0.3, -0.25) is 0 Å². The number of anilines is 1. The van der Waals surface area contributed by atoms with Gasteiger partial charge < -0.3 is 14.7 Å². The average molecular weight is 191 g/mol. The van der Waals surface area contributed by atoms with Crippen LogP contribution < -0.4 is 5.73 Å². The molecule has 0 aliphatic heterocycles. The van der Waals surface area contributed by atoms with Crippen LogP contribution in [0.4, 0.5) is 5.95 Å². The molecule has 0 atom stereocenters. The number of hydrogen-bond donors (Lipinski definition) is 1. The Hall–Kier alpha value is -1.71. The van der Waals surface area contributed by atoms with Crippen LogP contribution in [0.25, 0.3) is 11.5 Å². The Morgan fingerprint density at radius 1 is 1.36 bits per heavy atom. The maximum Gasteiger partial charge on any atom is 0.200 e. The predicted octanol–water partition coefficient (Wildman–Crippen LogP) is 1.88. The fourth-order valence-electron chi connectivity index (χ4n) is 1.40. The van der Waals surface area contributed by atoms with Gasteiger partial charge in [-0.25, -0.2) is 4.98 Å². The lowest BCUT2D eigenvalue weighted by Gasteiger charge is -1.96. The Morgan fingerprint density at radius 3 is 2.50 bits per heavy atom. The van der Waals surface area contributed by atoms with E-state index < -0.39 is 0 Å². The summed E-state index contributed by atoms with van der Waals surface area (Å²) in [5.74, 6) is 2.16. The highest BCUT2D eigenvalue weighted by molar-refractivity contribution is 5.58. The number of rotatable bonds is 1. The van der Waals surface area contributed by atoms with Crippen molar-refractivity contribution in [3.8, 4) is 11.5 Å². The molecule has 4 heteroatoms. The minimum Gasteiger partial charge on any atom is -0.460 e. The van der Waals surface area contributed by atoms with E-state index in [1.54, 1.807) is 0 Å². The van der Waals surface area contributed by atoms with Crippen molar-refractivity contribution in [1.82, 2.24) is 9.55 Å². The van der Waals surface area contributed by atoms with Gasteiger partial charge in [-0.2, -0.15) is 0 Å². The van der Waals surface area contributed by atoms with Crippen LogP contribution in [-0.4, -0.2) is 9.55 Å². The first-order valence-corrected chi connectivity index (χ1v) is 4.45. The molecule has 2 rings (SSSR count). The van der Waals surface area contributed by atoms with Gasteiger partial charge in [0.05, 0.1) is 0 Å². The van der Waals surface area contributed by atoms with Gasteiger partial charge in [-0.05, 0) is 26.0 Å². The van der Waals surface area contributed by atoms with E-state index >= 15 is 0 Å². The molecule has 2 aromatic heterocycles. The topological polar surface area (TPSA) is 57.0 Å². The molecule has 0 spiro atoms. The molecule has 2 aromatic rings. The third-order valence-electron chi connectivity index (χ3n) is 2.39. The van der Waals surface area contributed by atoms with E-state index in [0.717, 1.165) is 22.9 Å². The number of hydrogen-bond acceptors (Lipinski definition) is 3. The molecular weight excluding hydrogens is 178 g/mol. The first kappa shape index (κ1) is 8.87. The van der Waals surface area contributed by atoms with Crippen molar-refractivity contribution in [2.45, 2.75) is 13.8 Å². The third kappa shape index (κ3) is 1.19. The Kier molecular flexibility index (Phi) is 1.84. The molecule has 0 unspecified atom stereocenters. The van der Waals surface area contributed by atoms with Crippen LogP contribution in [0.3, 0.4) is 0 Å². The molecule has 0 aliphatic rings. The van der Waals surface area contributed by atoms with Crippen molar-refractivity contribution in [3.05, 3.63) is 23.6 Å². The van der Waals surface area contributed by atoms with E-state index in [1.807, 2.05) is 37.6 Å². The second-order valence-corrected chi connectivity index (χ2v) is 3.37. The van der Waals surface area contributed by atoms with Gasteiger partial charge in [0.15, 0.2) is 5.76 Å². The van der Waals surface area contributed by atoms with Gasteiger partial charge >= 0.3 is 0 Å². The second kappa shape index (κ2) is 2.90. The zero-order chi connectivity index (χ0) is 10.3. The largest absolute Gasteiger partial charge is 0.460 e. The summed E-state index contributed by atoms with van der Waals surface area (Å²) in [6, 6.07) is 3.82. The summed E-state index contributed by atoms with van der Waals surface area (Å²) in [6.07, 6.45) is 0. The van der Waals surface area contributed by atoms with Crippen molar-refractivity contribution in [2.24, 2.45) is 7.05 Å². The third-order valence-corrected chi connectivity index (χ3v) is 2.39. The van der Waals surface area contributed by atoms with Crippen LogP contribution in [0.2, 0.25) is 0 Å². The van der Waals surface area contributed by atoms with Gasteiger partial charge in [0.2, 0.25) is 5.95 Å². The minimum absolute atomic E-state index is 0.506. The molecule has 0 saturated carbocycles. The van der Waals surface area contributed by atoms with Crippen molar-refractivity contribution in [1.29, 1.82) is 0 Å². The molecule has 14 heavy (non-hydrogen) atoms. The second-order valence-electron chi connectivity index (χ2n) is 3.37. The maximum atomic E-state index is 5.70. The normalized spacial score (nSPS) is 10.8. The van der Waals surface area contributed by atoms with Crippen LogP contribution in [0, 0.1) is 13.8 Å². The number of nitrogen functional groups attached to an aromatic ring is 1. The van der Waals surface area contributed by atoms with Crippen LogP contribution in [0.5, 0.6) is 0 Å². The van der Waals surface area contributed by atoms with Crippen LogP contribution >= 0.6 is 0 Å². The minimum atomic E-state index is 0.506. The van der Waals surface area contributed by atoms with Gasteiger partial charge in [0.25, 0.3) is 0 Å². The van der Waals surface area contributed by atoms with Crippen LogP contribution in [0.15, 0.2) is 16.5 Å². The van der Waals surface area contributed by atoms with Crippen molar-refractivity contribution >= 4 is 5.95 Å². The Balaban J connectivity index is 2.57. The fraction of sp³-hybridized carbons (Fsp3) is 0.300. The van der Waals surface area contributed by atoms with Crippen molar-refractivity contribution < 1.29 is 4.42 Å². The van der Waals surface area contributed by atoms with Gasteiger partial charge in [-0.15, -0.1) is 0 Å². The molecule has 0 saturated heterocycles. The van der Waals surface area contributed by atoms with Crippen LogP contribution in [-0.2, 0) is 7.05 Å². The zero-order valence-electron chi connectivity index (χ0n) is 8.53. The number of aromatic nitrogens is 2. The van der Waals surface area contributed by atoms with E-state index in [4.69, 9.17) is 10.2 Å². The molecule has 0 amide bonds. The number of furan rings is 1. The molecule has 2 heterocycles. The first-order valence-electron chi connectivity index (χ1n) is 4.45. The number of nitrogens with zero attached hydrogens (tertiary/aromatic N) is 2. The van der Waals surface area contributed by atoms with Gasteiger partial charge in [-0.1, -0.05) is 0 Å². The highest BCUT2D eigenvalue weighted by atomic mass is 16.3. The highest BCUT2D eigenvalue weighted by Crippen LogP contribution is 2.25. The van der Waals surface area contributed by atoms with E-state index in [0.29, 0.717) is 5.95 Å². The molecule has 4 nitrogen and oxygen atoms in total. The Bertz CT molecular complexity index is 468. The maximum absolute atomic E-state index is 5.70. The molecular formula is C10H13N3O. The Labute approximate surface area is 82.4 Å². The summed E-state index contributed by atoms with van der Waals surface area (Å²) in [7, 11) is 1.89. The van der Waals surface area contributed by atoms with E-state index in [1.165, 1.54) is 0 Å². The Morgan fingerprint density at radius 2 is 2.07 bits per heavy atom.